The van der Waals surface area contributed by atoms with Crippen molar-refractivity contribution in [2.75, 3.05) is 19.8 Å². The van der Waals surface area contributed by atoms with Crippen LogP contribution < -0.4 is 4.74 Å². The second kappa shape index (κ2) is 7.89. The number of carbonyl (C=O) groups excluding carboxylic acids is 2. The van der Waals surface area contributed by atoms with Crippen molar-refractivity contribution in [2.45, 2.75) is 58.2 Å². The molecule has 6 heteroatoms. The Kier molecular flexibility index (Phi) is 5.75. The second-order valence-corrected chi connectivity index (χ2v) is 8.22. The Balaban J connectivity index is 1.70. The molecule has 2 saturated heterocycles. The van der Waals surface area contributed by atoms with Crippen molar-refractivity contribution in [3.8, 4) is 5.75 Å². The lowest BCUT2D eigenvalue weighted by Crippen LogP contribution is -2.60. The molecule has 0 saturated carbocycles. The standard InChI is InChI=1S/C21H29NO5/c1-5-26-18-8-6-14(7-9-18)19(23)15-10-16-12-25-13-17(11-15)22(16)20(24)27-21(2,3)4/h6-9,15-17H,5,10-13H2,1-4H3. The summed E-state index contributed by atoms with van der Waals surface area (Å²) in [6.07, 6.45) is 0.886. The van der Waals surface area contributed by atoms with Crippen molar-refractivity contribution in [3.63, 3.8) is 0 Å². The fourth-order valence-electron chi connectivity index (χ4n) is 3.86. The van der Waals surface area contributed by atoms with Gasteiger partial charge in [-0.3, -0.25) is 9.69 Å². The lowest BCUT2D eigenvalue weighted by molar-refractivity contribution is -0.0861. The van der Waals surface area contributed by atoms with E-state index in [0.717, 1.165) is 5.75 Å². The van der Waals surface area contributed by atoms with Crippen LogP contribution in [0.1, 0.15) is 50.9 Å². The normalized spacial score (nSPS) is 25.0. The Labute approximate surface area is 160 Å². The van der Waals surface area contributed by atoms with Crippen molar-refractivity contribution in [2.24, 2.45) is 5.92 Å². The first kappa shape index (κ1) is 19.7. The molecule has 2 aliphatic rings. The molecule has 0 N–H and O–H groups in total. The monoisotopic (exact) mass is 375 g/mol. The predicted molar refractivity (Wildman–Crippen MR) is 101 cm³/mol. The van der Waals surface area contributed by atoms with E-state index in [4.69, 9.17) is 14.2 Å². The first-order valence-electron chi connectivity index (χ1n) is 9.64. The summed E-state index contributed by atoms with van der Waals surface area (Å²) in [4.78, 5) is 27.4. The van der Waals surface area contributed by atoms with Gasteiger partial charge in [0.15, 0.2) is 5.78 Å². The van der Waals surface area contributed by atoms with E-state index in [1.165, 1.54) is 0 Å². The Hall–Kier alpha value is -2.08. The van der Waals surface area contributed by atoms with E-state index in [9.17, 15) is 9.59 Å². The molecule has 3 rings (SSSR count). The zero-order valence-corrected chi connectivity index (χ0v) is 16.6. The fourth-order valence-corrected chi connectivity index (χ4v) is 3.86. The zero-order chi connectivity index (χ0) is 19.6. The van der Waals surface area contributed by atoms with Gasteiger partial charge in [-0.25, -0.2) is 4.79 Å². The molecule has 2 fully saturated rings. The topological polar surface area (TPSA) is 65.1 Å². The Morgan fingerprint density at radius 3 is 2.22 bits per heavy atom. The van der Waals surface area contributed by atoms with Crippen molar-refractivity contribution >= 4 is 11.9 Å². The quantitative estimate of drug-likeness (QED) is 0.751. The van der Waals surface area contributed by atoms with Gasteiger partial charge >= 0.3 is 6.09 Å². The second-order valence-electron chi connectivity index (χ2n) is 8.22. The minimum absolute atomic E-state index is 0.111. The summed E-state index contributed by atoms with van der Waals surface area (Å²) in [5, 5.41) is 0. The molecule has 27 heavy (non-hydrogen) atoms. The molecular formula is C21H29NO5. The number of ether oxygens (including phenoxy) is 3. The van der Waals surface area contributed by atoms with Gasteiger partial charge in [-0.15, -0.1) is 0 Å². The number of fused-ring (bicyclic) bond motifs is 2. The highest BCUT2D eigenvalue weighted by Crippen LogP contribution is 2.34. The molecule has 1 aromatic carbocycles. The average molecular weight is 375 g/mol. The van der Waals surface area contributed by atoms with Gasteiger partial charge in [0, 0.05) is 11.5 Å². The molecule has 2 heterocycles. The molecule has 0 aromatic heterocycles. The number of hydrogen-bond acceptors (Lipinski definition) is 5. The molecular weight excluding hydrogens is 346 g/mol. The number of carbonyl (C=O) groups is 2. The maximum Gasteiger partial charge on any atom is 0.410 e. The molecule has 2 atom stereocenters. The van der Waals surface area contributed by atoms with E-state index in [-0.39, 0.29) is 29.9 Å². The summed E-state index contributed by atoms with van der Waals surface area (Å²) in [5.41, 5.74) is 0.148. The number of piperidine rings is 1. The van der Waals surface area contributed by atoms with Crippen molar-refractivity contribution in [1.82, 2.24) is 4.90 Å². The highest BCUT2D eigenvalue weighted by Gasteiger charge is 2.45. The SMILES string of the molecule is CCOc1ccc(C(=O)C2CC3COCC(C2)N3C(=O)OC(C)(C)C)cc1. The number of rotatable bonds is 4. The van der Waals surface area contributed by atoms with E-state index < -0.39 is 5.60 Å². The van der Waals surface area contributed by atoms with E-state index in [0.29, 0.717) is 38.2 Å². The van der Waals surface area contributed by atoms with Crippen LogP contribution >= 0.6 is 0 Å². The Morgan fingerprint density at radius 1 is 1.11 bits per heavy atom. The largest absolute Gasteiger partial charge is 0.494 e. The average Bonchev–Trinajstić information content (AvgIpc) is 2.59. The highest BCUT2D eigenvalue weighted by atomic mass is 16.6. The fraction of sp³-hybridized carbons (Fsp3) is 0.619. The number of amides is 1. The lowest BCUT2D eigenvalue weighted by atomic mass is 9.81. The van der Waals surface area contributed by atoms with E-state index in [1.807, 2.05) is 52.0 Å². The van der Waals surface area contributed by atoms with Crippen LogP contribution in [-0.2, 0) is 9.47 Å². The maximum absolute atomic E-state index is 13.0. The first-order valence-corrected chi connectivity index (χ1v) is 9.64. The number of morpholine rings is 1. The number of Topliss-reactive ketones (excluding diaryl/α,β-unsaturated/α-hetero) is 1. The minimum atomic E-state index is -0.540. The third-order valence-corrected chi connectivity index (χ3v) is 4.95. The maximum atomic E-state index is 13.0. The zero-order valence-electron chi connectivity index (χ0n) is 16.6. The minimum Gasteiger partial charge on any atom is -0.494 e. The van der Waals surface area contributed by atoms with Crippen LogP contribution in [-0.4, -0.2) is 54.3 Å². The number of nitrogens with zero attached hydrogens (tertiary/aromatic N) is 1. The van der Waals surface area contributed by atoms with Gasteiger partial charge in [0.25, 0.3) is 0 Å². The molecule has 2 unspecified atom stereocenters. The summed E-state index contributed by atoms with van der Waals surface area (Å²) in [5.74, 6) is 0.776. The van der Waals surface area contributed by atoms with Crippen molar-refractivity contribution in [3.05, 3.63) is 29.8 Å². The Morgan fingerprint density at radius 2 is 1.70 bits per heavy atom. The summed E-state index contributed by atoms with van der Waals surface area (Å²) in [7, 11) is 0. The summed E-state index contributed by atoms with van der Waals surface area (Å²) >= 11 is 0. The molecule has 0 aliphatic carbocycles. The first-order chi connectivity index (χ1) is 12.8. The van der Waals surface area contributed by atoms with Crippen LogP contribution in [0.5, 0.6) is 5.75 Å². The van der Waals surface area contributed by atoms with Gasteiger partial charge in [0.2, 0.25) is 0 Å². The van der Waals surface area contributed by atoms with Crippen LogP contribution in [0, 0.1) is 5.92 Å². The molecule has 2 bridgehead atoms. The highest BCUT2D eigenvalue weighted by molar-refractivity contribution is 5.98. The summed E-state index contributed by atoms with van der Waals surface area (Å²) in [6, 6.07) is 7.06. The van der Waals surface area contributed by atoms with Crippen LogP contribution in [0.15, 0.2) is 24.3 Å². The number of ketones is 1. The van der Waals surface area contributed by atoms with Crippen LogP contribution in [0.3, 0.4) is 0 Å². The van der Waals surface area contributed by atoms with Gasteiger partial charge in [0.1, 0.15) is 11.4 Å². The van der Waals surface area contributed by atoms with Gasteiger partial charge in [-0.1, -0.05) is 0 Å². The molecule has 0 spiro atoms. The van der Waals surface area contributed by atoms with E-state index in [1.54, 1.807) is 4.90 Å². The smallest absolute Gasteiger partial charge is 0.410 e. The predicted octanol–water partition coefficient (Wildman–Crippen LogP) is 3.68. The summed E-state index contributed by atoms with van der Waals surface area (Å²) < 4.78 is 16.6. The third kappa shape index (κ3) is 4.61. The molecule has 1 amide bonds. The van der Waals surface area contributed by atoms with Gasteiger partial charge in [-0.05, 0) is 64.8 Å². The number of hydrogen-bond donors (Lipinski definition) is 0. The van der Waals surface area contributed by atoms with E-state index in [2.05, 4.69) is 0 Å². The summed E-state index contributed by atoms with van der Waals surface area (Å²) in [6.45, 7) is 9.00. The van der Waals surface area contributed by atoms with Gasteiger partial charge < -0.3 is 14.2 Å². The third-order valence-electron chi connectivity index (χ3n) is 4.95. The molecule has 0 radical (unpaired) electrons. The Bertz CT molecular complexity index is 665. The van der Waals surface area contributed by atoms with Gasteiger partial charge in [-0.2, -0.15) is 0 Å². The lowest BCUT2D eigenvalue weighted by Gasteiger charge is -2.47. The van der Waals surface area contributed by atoms with E-state index >= 15 is 0 Å². The van der Waals surface area contributed by atoms with Crippen molar-refractivity contribution < 1.29 is 23.8 Å². The number of benzene rings is 1. The van der Waals surface area contributed by atoms with Crippen molar-refractivity contribution in [1.29, 1.82) is 0 Å². The van der Waals surface area contributed by atoms with Gasteiger partial charge in [0.05, 0.1) is 31.9 Å². The molecule has 2 aliphatic heterocycles. The molecule has 1 aromatic rings. The molecule has 148 valence electrons. The molecule has 6 nitrogen and oxygen atoms in total. The van der Waals surface area contributed by atoms with Crippen LogP contribution in [0.4, 0.5) is 4.79 Å². The van der Waals surface area contributed by atoms with Crippen LogP contribution in [0.2, 0.25) is 0 Å². The van der Waals surface area contributed by atoms with Crippen LogP contribution in [0.25, 0.3) is 0 Å².